The highest BCUT2D eigenvalue weighted by molar-refractivity contribution is 7.22. The number of fused-ring (bicyclic) bond motifs is 2. The van der Waals surface area contributed by atoms with Crippen LogP contribution >= 0.6 is 11.3 Å². The lowest BCUT2D eigenvalue weighted by Gasteiger charge is -2.22. The minimum Gasteiger partial charge on any atom is -0.508 e. The first-order valence-electron chi connectivity index (χ1n) is 13.2. The van der Waals surface area contributed by atoms with E-state index in [9.17, 15) is 5.11 Å². The zero-order valence-electron chi connectivity index (χ0n) is 21.8. The van der Waals surface area contributed by atoms with Gasteiger partial charge in [0.25, 0.3) is 0 Å². The number of aromatic nitrogens is 3. The standard InChI is InChI=1S/C34H26N4OS/c1-22-10-9-12-24(20-22)32-27(21-38(37-32)25-13-3-2-4-14-25)33(36-34-35-28-16-7-8-17-30(28)40-34)31-26-15-6-5-11-23(26)18-19-29(31)39/h2-21,33,39H,1H3,(H,35,36). The smallest absolute Gasteiger partial charge is 0.184 e. The monoisotopic (exact) mass is 538 g/mol. The molecule has 5 nitrogen and oxygen atoms in total. The van der Waals surface area contributed by atoms with Crippen molar-refractivity contribution in [1.82, 2.24) is 14.8 Å². The van der Waals surface area contributed by atoms with Gasteiger partial charge < -0.3 is 10.4 Å². The molecule has 0 radical (unpaired) electrons. The summed E-state index contributed by atoms with van der Waals surface area (Å²) >= 11 is 1.60. The molecular weight excluding hydrogens is 512 g/mol. The van der Waals surface area contributed by atoms with Crippen molar-refractivity contribution >= 4 is 37.5 Å². The fraction of sp³-hybridized carbons (Fsp3) is 0.0588. The van der Waals surface area contributed by atoms with Crippen LogP contribution in [0.15, 0.2) is 121 Å². The minimum absolute atomic E-state index is 0.222. The molecule has 0 saturated carbocycles. The molecule has 7 aromatic rings. The van der Waals surface area contributed by atoms with Gasteiger partial charge in [0.2, 0.25) is 0 Å². The van der Waals surface area contributed by atoms with E-state index in [1.165, 1.54) is 0 Å². The number of nitrogens with zero attached hydrogens (tertiary/aromatic N) is 3. The summed E-state index contributed by atoms with van der Waals surface area (Å²) in [5.41, 5.74) is 6.65. The summed E-state index contributed by atoms with van der Waals surface area (Å²) in [6.07, 6.45) is 2.07. The lowest BCUT2D eigenvalue weighted by Crippen LogP contribution is -2.13. The number of rotatable bonds is 6. The number of thiazole rings is 1. The quantitative estimate of drug-likeness (QED) is 0.223. The Balaban J connectivity index is 1.49. The molecule has 0 bridgehead atoms. The third-order valence-corrected chi connectivity index (χ3v) is 8.13. The van der Waals surface area contributed by atoms with E-state index in [1.807, 2.05) is 71.4 Å². The number of hydrogen-bond acceptors (Lipinski definition) is 5. The number of aromatic hydroxyl groups is 1. The number of aryl methyl sites for hydroxylation is 1. The van der Waals surface area contributed by atoms with Gasteiger partial charge in [-0.1, -0.05) is 95.8 Å². The van der Waals surface area contributed by atoms with E-state index < -0.39 is 6.04 Å². The number of para-hydroxylation sites is 2. The highest BCUT2D eigenvalue weighted by atomic mass is 32.1. The molecule has 7 rings (SSSR count). The Kier molecular flexibility index (Phi) is 6.02. The molecule has 5 aromatic carbocycles. The topological polar surface area (TPSA) is 63.0 Å². The Morgan fingerprint density at radius 1 is 0.825 bits per heavy atom. The van der Waals surface area contributed by atoms with Crippen molar-refractivity contribution in [2.24, 2.45) is 0 Å². The average molecular weight is 539 g/mol. The zero-order chi connectivity index (χ0) is 27.1. The van der Waals surface area contributed by atoms with Gasteiger partial charge in [-0.05, 0) is 54.1 Å². The molecule has 40 heavy (non-hydrogen) atoms. The second-order valence-electron chi connectivity index (χ2n) is 9.87. The van der Waals surface area contributed by atoms with Crippen LogP contribution in [0.4, 0.5) is 5.13 Å². The summed E-state index contributed by atoms with van der Waals surface area (Å²) in [5, 5.41) is 23.0. The number of phenolic OH excluding ortho intramolecular Hbond substituents is 1. The van der Waals surface area contributed by atoms with Crippen LogP contribution in [0.3, 0.4) is 0 Å². The molecule has 1 atom stereocenters. The first-order valence-corrected chi connectivity index (χ1v) is 14.0. The molecule has 0 aliphatic rings. The van der Waals surface area contributed by atoms with Crippen LogP contribution in [0, 0.1) is 6.92 Å². The van der Waals surface area contributed by atoms with Gasteiger partial charge >= 0.3 is 0 Å². The number of anilines is 1. The third-order valence-electron chi connectivity index (χ3n) is 7.16. The van der Waals surface area contributed by atoms with Crippen molar-refractivity contribution in [3.05, 3.63) is 138 Å². The van der Waals surface area contributed by atoms with Gasteiger partial charge in [0, 0.05) is 22.9 Å². The van der Waals surface area contributed by atoms with Crippen LogP contribution in [-0.2, 0) is 0 Å². The minimum atomic E-state index is -0.431. The molecule has 0 amide bonds. The summed E-state index contributed by atoms with van der Waals surface area (Å²) in [6.45, 7) is 2.09. The summed E-state index contributed by atoms with van der Waals surface area (Å²) in [7, 11) is 0. The van der Waals surface area contributed by atoms with Gasteiger partial charge in [0.05, 0.1) is 27.6 Å². The van der Waals surface area contributed by atoms with E-state index >= 15 is 0 Å². The SMILES string of the molecule is Cc1cccc(-c2nn(-c3ccccc3)cc2C(Nc2nc3ccccc3s2)c2c(O)ccc3ccccc23)c1. The Labute approximate surface area is 236 Å². The van der Waals surface area contributed by atoms with Crippen molar-refractivity contribution in [2.45, 2.75) is 13.0 Å². The van der Waals surface area contributed by atoms with Crippen LogP contribution in [0.5, 0.6) is 5.75 Å². The van der Waals surface area contributed by atoms with Crippen molar-refractivity contribution in [3.63, 3.8) is 0 Å². The molecule has 2 aromatic heterocycles. The maximum Gasteiger partial charge on any atom is 0.184 e. The molecule has 0 spiro atoms. The van der Waals surface area contributed by atoms with E-state index in [4.69, 9.17) is 10.1 Å². The van der Waals surface area contributed by atoms with Gasteiger partial charge in [0.1, 0.15) is 5.75 Å². The first-order chi connectivity index (χ1) is 19.6. The lowest BCUT2D eigenvalue weighted by molar-refractivity contribution is 0.468. The van der Waals surface area contributed by atoms with Crippen LogP contribution in [-0.4, -0.2) is 19.9 Å². The predicted octanol–water partition coefficient (Wildman–Crippen LogP) is 8.52. The van der Waals surface area contributed by atoms with Crippen molar-refractivity contribution in [2.75, 3.05) is 5.32 Å². The van der Waals surface area contributed by atoms with E-state index in [2.05, 4.69) is 60.9 Å². The summed E-state index contributed by atoms with van der Waals surface area (Å²) in [6, 6.07) is 38.1. The molecular formula is C34H26N4OS. The zero-order valence-corrected chi connectivity index (χ0v) is 22.6. The predicted molar refractivity (Wildman–Crippen MR) is 164 cm³/mol. The number of hydrogen-bond donors (Lipinski definition) is 2. The Bertz CT molecular complexity index is 1940. The highest BCUT2D eigenvalue weighted by Gasteiger charge is 2.27. The highest BCUT2D eigenvalue weighted by Crippen LogP contribution is 2.42. The van der Waals surface area contributed by atoms with Gasteiger partial charge in [-0.3, -0.25) is 0 Å². The Morgan fingerprint density at radius 2 is 1.62 bits per heavy atom. The van der Waals surface area contributed by atoms with E-state index in [0.717, 1.165) is 59.8 Å². The number of phenols is 1. The largest absolute Gasteiger partial charge is 0.508 e. The van der Waals surface area contributed by atoms with Gasteiger partial charge in [-0.25, -0.2) is 9.67 Å². The van der Waals surface area contributed by atoms with Gasteiger partial charge in [-0.15, -0.1) is 0 Å². The number of nitrogens with one attached hydrogen (secondary N) is 1. The summed E-state index contributed by atoms with van der Waals surface area (Å²) in [5.74, 6) is 0.222. The maximum absolute atomic E-state index is 11.4. The van der Waals surface area contributed by atoms with Gasteiger partial charge in [-0.2, -0.15) is 5.10 Å². The summed E-state index contributed by atoms with van der Waals surface area (Å²) in [4.78, 5) is 4.89. The molecule has 6 heteroatoms. The van der Waals surface area contributed by atoms with Crippen molar-refractivity contribution in [1.29, 1.82) is 0 Å². The fourth-order valence-electron chi connectivity index (χ4n) is 5.28. The molecule has 194 valence electrons. The Hall–Kier alpha value is -4.94. The van der Waals surface area contributed by atoms with E-state index in [1.54, 1.807) is 17.4 Å². The second kappa shape index (κ2) is 9.98. The summed E-state index contributed by atoms with van der Waals surface area (Å²) < 4.78 is 3.02. The second-order valence-corrected chi connectivity index (χ2v) is 10.9. The van der Waals surface area contributed by atoms with Crippen LogP contribution in [0.2, 0.25) is 0 Å². The third kappa shape index (κ3) is 4.38. The molecule has 0 aliphatic carbocycles. The van der Waals surface area contributed by atoms with Crippen molar-refractivity contribution < 1.29 is 5.11 Å². The van der Waals surface area contributed by atoms with E-state index in [-0.39, 0.29) is 5.75 Å². The molecule has 2 heterocycles. The lowest BCUT2D eigenvalue weighted by atomic mass is 9.91. The van der Waals surface area contributed by atoms with Gasteiger partial charge in [0.15, 0.2) is 5.13 Å². The van der Waals surface area contributed by atoms with Crippen LogP contribution in [0.1, 0.15) is 22.7 Å². The van der Waals surface area contributed by atoms with Crippen LogP contribution in [0.25, 0.3) is 37.9 Å². The molecule has 1 unspecified atom stereocenters. The van der Waals surface area contributed by atoms with E-state index in [0.29, 0.717) is 0 Å². The molecule has 0 fully saturated rings. The normalized spacial score (nSPS) is 12.1. The number of benzene rings is 5. The average Bonchev–Trinajstić information content (AvgIpc) is 3.61. The molecule has 2 N–H and O–H groups in total. The van der Waals surface area contributed by atoms with Crippen molar-refractivity contribution in [3.8, 4) is 22.7 Å². The molecule has 0 saturated heterocycles. The Morgan fingerprint density at radius 3 is 2.48 bits per heavy atom. The maximum atomic E-state index is 11.4. The first kappa shape index (κ1) is 24.1. The molecule has 0 aliphatic heterocycles. The fourth-order valence-corrected chi connectivity index (χ4v) is 6.17. The van der Waals surface area contributed by atoms with Crippen LogP contribution < -0.4 is 5.32 Å².